The van der Waals surface area contributed by atoms with E-state index in [1.807, 2.05) is 0 Å². The molecule has 1 aliphatic rings. The van der Waals surface area contributed by atoms with Crippen molar-refractivity contribution < 1.29 is 0 Å². The van der Waals surface area contributed by atoms with Crippen molar-refractivity contribution in [1.29, 1.82) is 0 Å². The molecule has 1 saturated carbocycles. The molecule has 2 atom stereocenters. The Labute approximate surface area is 125 Å². The molecule has 0 saturated heterocycles. The molecule has 0 spiro atoms. The van der Waals surface area contributed by atoms with E-state index in [0.29, 0.717) is 5.38 Å². The van der Waals surface area contributed by atoms with Crippen molar-refractivity contribution in [1.82, 2.24) is 15.1 Å². The third kappa shape index (κ3) is 2.84. The Hall–Kier alpha value is -1.06. The van der Waals surface area contributed by atoms with Crippen LogP contribution in [0.4, 0.5) is 0 Å². The second-order valence-electron chi connectivity index (χ2n) is 5.69. The average Bonchev–Trinajstić information content (AvgIpc) is 3.03. The van der Waals surface area contributed by atoms with Gasteiger partial charge < -0.3 is 5.32 Å². The summed E-state index contributed by atoms with van der Waals surface area (Å²) in [6.45, 7) is 4.94. The van der Waals surface area contributed by atoms with Gasteiger partial charge in [0.25, 0.3) is 0 Å². The number of benzene rings is 1. The van der Waals surface area contributed by atoms with E-state index >= 15 is 0 Å². The summed E-state index contributed by atoms with van der Waals surface area (Å²) in [6.07, 6.45) is 3.57. The van der Waals surface area contributed by atoms with Gasteiger partial charge in [0.15, 0.2) is 0 Å². The number of hydrogen-bond acceptors (Lipinski definition) is 2. The first-order valence-electron chi connectivity index (χ1n) is 7.57. The van der Waals surface area contributed by atoms with Crippen LogP contribution in [0.2, 0.25) is 0 Å². The molecule has 0 bridgehead atoms. The molecule has 0 aliphatic heterocycles. The molecule has 0 radical (unpaired) electrons. The van der Waals surface area contributed by atoms with E-state index in [1.165, 1.54) is 23.7 Å². The van der Waals surface area contributed by atoms with Crippen LogP contribution in [0.25, 0.3) is 10.9 Å². The number of aromatic nitrogens is 2. The fourth-order valence-corrected chi connectivity index (χ4v) is 3.54. The van der Waals surface area contributed by atoms with Crippen LogP contribution in [-0.4, -0.2) is 21.7 Å². The third-order valence-corrected chi connectivity index (χ3v) is 4.63. The third-order valence-electron chi connectivity index (χ3n) is 4.24. The molecule has 1 fully saturated rings. The Morgan fingerprint density at radius 1 is 1.35 bits per heavy atom. The Kier molecular flexibility index (Phi) is 4.27. The minimum absolute atomic E-state index is 0.391. The summed E-state index contributed by atoms with van der Waals surface area (Å²) in [4.78, 5) is 0. The second-order valence-corrected chi connectivity index (χ2v) is 6.30. The average molecular weight is 292 g/mol. The number of halogens is 1. The number of alkyl halides is 1. The van der Waals surface area contributed by atoms with Gasteiger partial charge in [0.1, 0.15) is 0 Å². The number of hydrogen-bond donors (Lipinski definition) is 1. The minimum atomic E-state index is 0.391. The standard InChI is InChI=1S/C16H22ClN3/c1-2-20-16-6-4-3-5-14(16)15(19-20)11-18-10-12-7-8-13(17)9-12/h3-6,12-13,18H,2,7-11H2,1H3. The largest absolute Gasteiger partial charge is 0.311 e. The monoisotopic (exact) mass is 291 g/mol. The van der Waals surface area contributed by atoms with Crippen molar-refractivity contribution in [2.24, 2.45) is 5.92 Å². The smallest absolute Gasteiger partial charge is 0.0841 e. The Morgan fingerprint density at radius 2 is 2.20 bits per heavy atom. The molecule has 3 nitrogen and oxygen atoms in total. The fraction of sp³-hybridized carbons (Fsp3) is 0.562. The molecule has 4 heteroatoms. The van der Waals surface area contributed by atoms with Crippen LogP contribution in [0.3, 0.4) is 0 Å². The molecule has 20 heavy (non-hydrogen) atoms. The summed E-state index contributed by atoms with van der Waals surface area (Å²) < 4.78 is 2.08. The highest BCUT2D eigenvalue weighted by Gasteiger charge is 2.22. The highest BCUT2D eigenvalue weighted by Crippen LogP contribution is 2.28. The maximum atomic E-state index is 6.16. The van der Waals surface area contributed by atoms with Gasteiger partial charge in [0.05, 0.1) is 11.2 Å². The lowest BCUT2D eigenvalue weighted by molar-refractivity contribution is 0.486. The highest BCUT2D eigenvalue weighted by molar-refractivity contribution is 6.20. The van der Waals surface area contributed by atoms with E-state index < -0.39 is 0 Å². The highest BCUT2D eigenvalue weighted by atomic mass is 35.5. The minimum Gasteiger partial charge on any atom is -0.311 e. The fourth-order valence-electron chi connectivity index (χ4n) is 3.16. The first-order chi connectivity index (χ1) is 9.78. The van der Waals surface area contributed by atoms with Crippen LogP contribution in [-0.2, 0) is 13.1 Å². The molecule has 1 heterocycles. The van der Waals surface area contributed by atoms with Crippen LogP contribution in [0.15, 0.2) is 24.3 Å². The summed E-state index contributed by atoms with van der Waals surface area (Å²) in [5.74, 6) is 0.733. The predicted octanol–water partition coefficient (Wildman–Crippen LogP) is 3.55. The molecule has 108 valence electrons. The molecule has 0 amide bonds. The van der Waals surface area contributed by atoms with Gasteiger partial charge in [-0.25, -0.2) is 0 Å². The van der Waals surface area contributed by atoms with Crippen LogP contribution in [0, 0.1) is 5.92 Å². The summed E-state index contributed by atoms with van der Waals surface area (Å²) in [6, 6.07) is 8.47. The Bertz CT molecular complexity index is 578. The number of aryl methyl sites for hydroxylation is 1. The van der Waals surface area contributed by atoms with E-state index in [-0.39, 0.29) is 0 Å². The molecule has 1 N–H and O–H groups in total. The van der Waals surface area contributed by atoms with Crippen LogP contribution < -0.4 is 5.32 Å². The zero-order valence-electron chi connectivity index (χ0n) is 12.0. The molecule has 3 rings (SSSR count). The van der Waals surface area contributed by atoms with Crippen molar-refractivity contribution >= 4 is 22.5 Å². The molecule has 1 aliphatic carbocycles. The molecule has 1 aromatic carbocycles. The first kappa shape index (κ1) is 13.9. The topological polar surface area (TPSA) is 29.9 Å². The lowest BCUT2D eigenvalue weighted by Gasteiger charge is -2.09. The molecular formula is C16H22ClN3. The summed E-state index contributed by atoms with van der Waals surface area (Å²) in [7, 11) is 0. The van der Waals surface area contributed by atoms with E-state index in [2.05, 4.69) is 41.2 Å². The van der Waals surface area contributed by atoms with Gasteiger partial charge >= 0.3 is 0 Å². The van der Waals surface area contributed by atoms with E-state index in [4.69, 9.17) is 16.7 Å². The van der Waals surface area contributed by atoms with Crippen molar-refractivity contribution in [2.75, 3.05) is 6.54 Å². The maximum Gasteiger partial charge on any atom is 0.0841 e. The normalized spacial score (nSPS) is 22.7. The number of para-hydroxylation sites is 1. The van der Waals surface area contributed by atoms with Crippen molar-refractivity contribution in [3.8, 4) is 0 Å². The van der Waals surface area contributed by atoms with E-state index in [1.54, 1.807) is 0 Å². The van der Waals surface area contributed by atoms with Crippen molar-refractivity contribution in [3.63, 3.8) is 0 Å². The number of nitrogens with one attached hydrogen (secondary N) is 1. The van der Waals surface area contributed by atoms with Crippen LogP contribution in [0.5, 0.6) is 0 Å². The Morgan fingerprint density at radius 3 is 2.95 bits per heavy atom. The van der Waals surface area contributed by atoms with Crippen LogP contribution in [0.1, 0.15) is 31.9 Å². The summed E-state index contributed by atoms with van der Waals surface area (Å²) in [5, 5.41) is 9.93. The SMILES string of the molecule is CCn1nc(CNCC2CCC(Cl)C2)c2ccccc21. The molecule has 2 aromatic rings. The summed E-state index contributed by atoms with van der Waals surface area (Å²) in [5.41, 5.74) is 2.39. The zero-order chi connectivity index (χ0) is 13.9. The Balaban J connectivity index is 1.65. The van der Waals surface area contributed by atoms with Gasteiger partial charge in [-0.15, -0.1) is 11.6 Å². The van der Waals surface area contributed by atoms with Gasteiger partial charge in [-0.2, -0.15) is 5.10 Å². The zero-order valence-corrected chi connectivity index (χ0v) is 12.7. The van der Waals surface area contributed by atoms with Crippen molar-refractivity contribution in [3.05, 3.63) is 30.0 Å². The lowest BCUT2D eigenvalue weighted by atomic mass is 10.1. The molecule has 1 aromatic heterocycles. The van der Waals surface area contributed by atoms with Gasteiger partial charge in [0.2, 0.25) is 0 Å². The lowest BCUT2D eigenvalue weighted by Crippen LogP contribution is -2.21. The number of fused-ring (bicyclic) bond motifs is 1. The summed E-state index contributed by atoms with van der Waals surface area (Å²) >= 11 is 6.16. The predicted molar refractivity (Wildman–Crippen MR) is 84.1 cm³/mol. The molecular weight excluding hydrogens is 270 g/mol. The quantitative estimate of drug-likeness (QED) is 0.854. The van der Waals surface area contributed by atoms with Gasteiger partial charge in [0, 0.05) is 23.9 Å². The second kappa shape index (κ2) is 6.15. The number of rotatable bonds is 5. The first-order valence-corrected chi connectivity index (χ1v) is 8.00. The molecule has 2 unspecified atom stereocenters. The van der Waals surface area contributed by atoms with Gasteiger partial charge in [-0.3, -0.25) is 4.68 Å². The van der Waals surface area contributed by atoms with Crippen molar-refractivity contribution in [2.45, 2.75) is 44.7 Å². The number of nitrogens with zero attached hydrogens (tertiary/aromatic N) is 2. The van der Waals surface area contributed by atoms with Gasteiger partial charge in [-0.05, 0) is 44.7 Å². The van der Waals surface area contributed by atoms with E-state index in [0.717, 1.165) is 37.7 Å². The van der Waals surface area contributed by atoms with Gasteiger partial charge in [-0.1, -0.05) is 18.2 Å². The van der Waals surface area contributed by atoms with Crippen LogP contribution >= 0.6 is 11.6 Å². The maximum absolute atomic E-state index is 6.16. The van der Waals surface area contributed by atoms with E-state index in [9.17, 15) is 0 Å².